The van der Waals surface area contributed by atoms with Crippen molar-refractivity contribution in [2.75, 3.05) is 13.1 Å². The fraction of sp³-hybridized carbons (Fsp3) is 0.636. The molecule has 0 spiro atoms. The normalized spacial score (nSPS) is 24.6. The number of aliphatic hydroxyl groups is 1. The number of sulfonamides is 1. The highest BCUT2D eigenvalue weighted by atomic mass is 79.9. The van der Waals surface area contributed by atoms with Crippen LogP contribution >= 0.6 is 38.9 Å². The Balaban J connectivity index is 2.31. The smallest absolute Gasteiger partial charge is 0.252 e. The second-order valence-corrected chi connectivity index (χ2v) is 10.3. The van der Waals surface area contributed by atoms with Crippen LogP contribution in [0.15, 0.2) is 14.1 Å². The average molecular weight is 389 g/mol. The van der Waals surface area contributed by atoms with E-state index in [2.05, 4.69) is 15.9 Å². The molecule has 1 aliphatic heterocycles. The van der Waals surface area contributed by atoms with Crippen molar-refractivity contribution < 1.29 is 13.5 Å². The van der Waals surface area contributed by atoms with E-state index in [0.29, 0.717) is 28.3 Å². The zero-order valence-corrected chi connectivity index (χ0v) is 14.5. The van der Waals surface area contributed by atoms with Crippen molar-refractivity contribution in [1.82, 2.24) is 4.31 Å². The Kier molecular flexibility index (Phi) is 4.36. The maximum absolute atomic E-state index is 12.5. The lowest BCUT2D eigenvalue weighted by Gasteiger charge is -2.40. The number of nitrogens with zero attached hydrogens (tertiary/aromatic N) is 1. The number of halogens is 2. The lowest BCUT2D eigenvalue weighted by atomic mass is 9.82. The van der Waals surface area contributed by atoms with Gasteiger partial charge >= 0.3 is 0 Å². The van der Waals surface area contributed by atoms with Crippen LogP contribution in [-0.4, -0.2) is 37.0 Å². The predicted octanol–water partition coefficient (Wildman–Crippen LogP) is 2.95. The topological polar surface area (TPSA) is 57.6 Å². The van der Waals surface area contributed by atoms with Crippen molar-refractivity contribution in [2.24, 2.45) is 5.41 Å². The van der Waals surface area contributed by atoms with Crippen molar-refractivity contribution in [3.63, 3.8) is 0 Å². The van der Waals surface area contributed by atoms with Crippen molar-refractivity contribution in [1.29, 1.82) is 0 Å². The molecular weight excluding hydrogens is 374 g/mol. The molecule has 1 aromatic rings. The predicted molar refractivity (Wildman–Crippen MR) is 80.2 cm³/mol. The first kappa shape index (κ1) is 15.7. The van der Waals surface area contributed by atoms with E-state index in [9.17, 15) is 13.5 Å². The molecule has 4 nitrogen and oxygen atoms in total. The van der Waals surface area contributed by atoms with E-state index >= 15 is 0 Å². The van der Waals surface area contributed by atoms with Gasteiger partial charge in [0.1, 0.15) is 4.21 Å². The second kappa shape index (κ2) is 5.27. The largest absolute Gasteiger partial charge is 0.392 e. The number of hydrogen-bond acceptors (Lipinski definition) is 4. The van der Waals surface area contributed by atoms with Gasteiger partial charge < -0.3 is 5.11 Å². The minimum atomic E-state index is -3.53. The van der Waals surface area contributed by atoms with Gasteiger partial charge in [-0.2, -0.15) is 4.31 Å². The van der Waals surface area contributed by atoms with Crippen LogP contribution in [0, 0.1) is 5.41 Å². The molecule has 1 saturated heterocycles. The first-order valence-corrected chi connectivity index (χ1v) is 9.20. The summed E-state index contributed by atoms with van der Waals surface area (Å²) in [6.45, 7) is 4.39. The zero-order valence-electron chi connectivity index (χ0n) is 10.6. The Morgan fingerprint density at radius 2 is 2.21 bits per heavy atom. The Hall–Kier alpha value is 0.340. The molecule has 0 amide bonds. The summed E-state index contributed by atoms with van der Waals surface area (Å²) < 4.78 is 27.3. The van der Waals surface area contributed by atoms with Crippen LogP contribution in [0.4, 0.5) is 0 Å². The molecular formula is C11H15BrClNO3S2. The van der Waals surface area contributed by atoms with Gasteiger partial charge in [0.2, 0.25) is 0 Å². The third-order valence-electron chi connectivity index (χ3n) is 3.35. The first-order chi connectivity index (χ1) is 8.64. The van der Waals surface area contributed by atoms with Crippen molar-refractivity contribution >= 4 is 48.9 Å². The molecule has 0 aromatic carbocycles. The van der Waals surface area contributed by atoms with Gasteiger partial charge in [0.05, 0.1) is 14.9 Å². The Morgan fingerprint density at radius 3 is 2.68 bits per heavy atom. The molecule has 0 bridgehead atoms. The summed E-state index contributed by atoms with van der Waals surface area (Å²) >= 11 is 10.2. The van der Waals surface area contributed by atoms with E-state index in [1.54, 1.807) is 0 Å². The number of rotatable bonds is 2. The number of hydrogen-bond donors (Lipinski definition) is 1. The minimum absolute atomic E-state index is 0.233. The number of aliphatic hydroxyl groups excluding tert-OH is 1. The van der Waals surface area contributed by atoms with Crippen LogP contribution in [0.1, 0.15) is 20.3 Å². The summed E-state index contributed by atoms with van der Waals surface area (Å²) in [7, 11) is -3.53. The van der Waals surface area contributed by atoms with Crippen molar-refractivity contribution in [2.45, 2.75) is 30.6 Å². The van der Waals surface area contributed by atoms with Crippen molar-refractivity contribution in [3.8, 4) is 0 Å². The van der Waals surface area contributed by atoms with Gasteiger partial charge in [0.15, 0.2) is 0 Å². The Bertz CT molecular complexity index is 565. The van der Waals surface area contributed by atoms with Crippen LogP contribution in [0.5, 0.6) is 0 Å². The monoisotopic (exact) mass is 387 g/mol. The molecule has 1 aromatic heterocycles. The average Bonchev–Trinajstić information content (AvgIpc) is 2.63. The lowest BCUT2D eigenvalue weighted by molar-refractivity contribution is -0.000264. The van der Waals surface area contributed by atoms with Gasteiger partial charge in [-0.3, -0.25) is 0 Å². The van der Waals surface area contributed by atoms with Crippen LogP contribution < -0.4 is 0 Å². The molecule has 8 heteroatoms. The lowest BCUT2D eigenvalue weighted by Crippen LogP contribution is -2.50. The number of thiophene rings is 1. The standard InChI is InChI=1S/C11H15BrClNO3S2/c1-11(2)6-14(4-3-8(11)15)19(16,17)9-5-7(13)10(12)18-9/h5,8,15H,3-4,6H2,1-2H3. The number of piperidine rings is 1. The van der Waals surface area contributed by atoms with Gasteiger partial charge in [0, 0.05) is 18.5 Å². The third-order valence-corrected chi connectivity index (χ3v) is 8.12. The molecule has 19 heavy (non-hydrogen) atoms. The van der Waals surface area contributed by atoms with Gasteiger partial charge in [-0.25, -0.2) is 8.42 Å². The SMILES string of the molecule is CC1(C)CN(S(=O)(=O)c2cc(Cl)c(Br)s2)CCC1O. The first-order valence-electron chi connectivity index (χ1n) is 5.77. The van der Waals surface area contributed by atoms with E-state index in [1.807, 2.05) is 13.8 Å². The van der Waals surface area contributed by atoms with Gasteiger partial charge in [-0.1, -0.05) is 25.4 Å². The molecule has 2 heterocycles. The van der Waals surface area contributed by atoms with E-state index < -0.39 is 21.5 Å². The van der Waals surface area contributed by atoms with Gasteiger partial charge in [0.25, 0.3) is 10.0 Å². The molecule has 2 rings (SSSR count). The maximum Gasteiger partial charge on any atom is 0.252 e. The van der Waals surface area contributed by atoms with Crippen LogP contribution in [0.3, 0.4) is 0 Å². The third kappa shape index (κ3) is 3.01. The highest BCUT2D eigenvalue weighted by Crippen LogP contribution is 2.38. The van der Waals surface area contributed by atoms with E-state index in [1.165, 1.54) is 10.4 Å². The molecule has 108 valence electrons. The quantitative estimate of drug-likeness (QED) is 0.847. The van der Waals surface area contributed by atoms with Gasteiger partial charge in [-0.15, -0.1) is 11.3 Å². The Labute approximate surface area is 130 Å². The van der Waals surface area contributed by atoms with Crippen LogP contribution in [0.2, 0.25) is 5.02 Å². The summed E-state index contributed by atoms with van der Waals surface area (Å²) in [4.78, 5) is 0. The minimum Gasteiger partial charge on any atom is -0.392 e. The molecule has 1 atom stereocenters. The highest BCUT2D eigenvalue weighted by molar-refractivity contribution is 9.11. The summed E-state index contributed by atoms with van der Waals surface area (Å²) in [6, 6.07) is 1.46. The van der Waals surface area contributed by atoms with Crippen LogP contribution in [0.25, 0.3) is 0 Å². The second-order valence-electron chi connectivity index (χ2n) is 5.32. The summed E-state index contributed by atoms with van der Waals surface area (Å²) in [5.74, 6) is 0. The van der Waals surface area contributed by atoms with E-state index in [0.717, 1.165) is 11.3 Å². The summed E-state index contributed by atoms with van der Waals surface area (Å²) in [5, 5.41) is 10.3. The molecule has 1 fully saturated rings. The molecule has 1 aliphatic rings. The molecule has 1 unspecified atom stereocenters. The van der Waals surface area contributed by atoms with E-state index in [-0.39, 0.29) is 4.21 Å². The maximum atomic E-state index is 12.5. The molecule has 0 radical (unpaired) electrons. The van der Waals surface area contributed by atoms with Crippen molar-refractivity contribution in [3.05, 3.63) is 14.9 Å². The highest BCUT2D eigenvalue weighted by Gasteiger charge is 2.40. The summed E-state index contributed by atoms with van der Waals surface area (Å²) in [6.07, 6.45) is -0.0235. The fourth-order valence-corrected chi connectivity index (χ4v) is 6.26. The fourth-order valence-electron chi connectivity index (χ4n) is 2.08. The summed E-state index contributed by atoms with van der Waals surface area (Å²) in [5.41, 5.74) is -0.441. The van der Waals surface area contributed by atoms with Gasteiger partial charge in [-0.05, 0) is 28.4 Å². The Morgan fingerprint density at radius 1 is 1.58 bits per heavy atom. The van der Waals surface area contributed by atoms with Crippen LogP contribution in [-0.2, 0) is 10.0 Å². The zero-order chi connectivity index (χ0) is 14.4. The molecule has 1 N–H and O–H groups in total. The molecule has 0 saturated carbocycles. The van der Waals surface area contributed by atoms with E-state index in [4.69, 9.17) is 11.6 Å². The molecule has 0 aliphatic carbocycles.